The molecule has 1 saturated heterocycles. The minimum Gasteiger partial charge on any atom is -0.462 e. The number of anilines is 4. The number of hydrogen-bond acceptors (Lipinski definition) is 7. The fraction of sp³-hybridized carbons (Fsp3) is 0.421. The highest BCUT2D eigenvalue weighted by Gasteiger charge is 2.18. The van der Waals surface area contributed by atoms with Crippen LogP contribution >= 0.6 is 0 Å². The number of carbonyl (C=O) groups is 1. The zero-order chi connectivity index (χ0) is 18.5. The zero-order valence-electron chi connectivity index (χ0n) is 15.2. The minimum atomic E-state index is -0.317. The van der Waals surface area contributed by atoms with Crippen LogP contribution < -0.4 is 16.0 Å². The van der Waals surface area contributed by atoms with Crippen molar-refractivity contribution in [1.82, 2.24) is 9.97 Å². The monoisotopic (exact) mass is 355 g/mol. The lowest BCUT2D eigenvalue weighted by Crippen LogP contribution is -2.21. The fourth-order valence-electron chi connectivity index (χ4n) is 2.82. The summed E-state index contributed by atoms with van der Waals surface area (Å²) in [6, 6.07) is 7.07. The summed E-state index contributed by atoms with van der Waals surface area (Å²) in [6.45, 7) is 6.35. The van der Waals surface area contributed by atoms with Gasteiger partial charge in [-0.2, -0.15) is 0 Å². The standard InChI is InChI=1S/C19H25N5O2/c1-13(2)11-26-19(25)14-5-7-15(8-6-14)23-17-16(20)18(22-12-21-17)24-9-3-4-10-24/h5-8,12-13H,3-4,9-11,20H2,1-2H3,(H,21,22,23). The van der Waals surface area contributed by atoms with Crippen LogP contribution in [0.4, 0.5) is 23.0 Å². The van der Waals surface area contributed by atoms with Gasteiger partial charge in [-0.25, -0.2) is 14.8 Å². The van der Waals surface area contributed by atoms with Crippen LogP contribution in [0.3, 0.4) is 0 Å². The summed E-state index contributed by atoms with van der Waals surface area (Å²) in [5.74, 6) is 1.33. The maximum atomic E-state index is 12.0. The smallest absolute Gasteiger partial charge is 0.338 e. The molecule has 1 fully saturated rings. The van der Waals surface area contributed by atoms with Gasteiger partial charge >= 0.3 is 5.97 Å². The van der Waals surface area contributed by atoms with Gasteiger partial charge in [-0.1, -0.05) is 13.8 Å². The van der Waals surface area contributed by atoms with Crippen LogP contribution in [0.25, 0.3) is 0 Å². The van der Waals surface area contributed by atoms with Crippen molar-refractivity contribution in [1.29, 1.82) is 0 Å². The van der Waals surface area contributed by atoms with Crippen molar-refractivity contribution in [2.24, 2.45) is 5.92 Å². The molecule has 1 aliphatic rings. The van der Waals surface area contributed by atoms with Gasteiger partial charge in [0.15, 0.2) is 11.6 Å². The maximum Gasteiger partial charge on any atom is 0.338 e. The van der Waals surface area contributed by atoms with Crippen LogP contribution in [-0.2, 0) is 4.74 Å². The van der Waals surface area contributed by atoms with Crippen LogP contribution in [0.5, 0.6) is 0 Å². The lowest BCUT2D eigenvalue weighted by molar-refractivity contribution is 0.0459. The molecule has 3 N–H and O–H groups in total. The van der Waals surface area contributed by atoms with Crippen LogP contribution in [-0.4, -0.2) is 35.6 Å². The Labute approximate surface area is 153 Å². The number of carbonyl (C=O) groups excluding carboxylic acids is 1. The van der Waals surface area contributed by atoms with E-state index in [0.29, 0.717) is 29.6 Å². The molecule has 0 radical (unpaired) electrons. The van der Waals surface area contributed by atoms with E-state index < -0.39 is 0 Å². The molecule has 0 bridgehead atoms. The average molecular weight is 355 g/mol. The van der Waals surface area contributed by atoms with Gasteiger partial charge in [0.25, 0.3) is 0 Å². The molecule has 0 atom stereocenters. The van der Waals surface area contributed by atoms with E-state index in [2.05, 4.69) is 20.2 Å². The fourth-order valence-corrected chi connectivity index (χ4v) is 2.82. The molecule has 7 nitrogen and oxygen atoms in total. The van der Waals surface area contributed by atoms with Gasteiger partial charge in [0.05, 0.1) is 12.2 Å². The molecule has 1 aromatic carbocycles. The van der Waals surface area contributed by atoms with E-state index in [1.165, 1.54) is 6.33 Å². The Kier molecular flexibility index (Phi) is 5.55. The quantitative estimate of drug-likeness (QED) is 0.768. The van der Waals surface area contributed by atoms with Crippen molar-refractivity contribution in [3.05, 3.63) is 36.2 Å². The van der Waals surface area contributed by atoms with Gasteiger partial charge in [0.2, 0.25) is 0 Å². The summed E-state index contributed by atoms with van der Waals surface area (Å²) in [5, 5.41) is 3.20. The predicted molar refractivity (Wildman–Crippen MR) is 103 cm³/mol. The molecular formula is C19H25N5O2. The lowest BCUT2D eigenvalue weighted by Gasteiger charge is -2.19. The van der Waals surface area contributed by atoms with Gasteiger partial charge in [-0.3, -0.25) is 0 Å². The van der Waals surface area contributed by atoms with Crippen molar-refractivity contribution in [2.75, 3.05) is 35.6 Å². The van der Waals surface area contributed by atoms with Gasteiger partial charge < -0.3 is 20.7 Å². The molecule has 26 heavy (non-hydrogen) atoms. The number of rotatable bonds is 6. The number of ether oxygens (including phenoxy) is 1. The highest BCUT2D eigenvalue weighted by Crippen LogP contribution is 2.30. The van der Waals surface area contributed by atoms with Crippen molar-refractivity contribution >= 4 is 29.0 Å². The van der Waals surface area contributed by atoms with E-state index in [4.69, 9.17) is 10.5 Å². The Balaban J connectivity index is 1.69. The largest absolute Gasteiger partial charge is 0.462 e. The van der Waals surface area contributed by atoms with E-state index in [1.807, 2.05) is 26.0 Å². The van der Waals surface area contributed by atoms with Crippen LogP contribution in [0.1, 0.15) is 37.0 Å². The summed E-state index contributed by atoms with van der Waals surface area (Å²) < 4.78 is 5.23. The third-order valence-corrected chi connectivity index (χ3v) is 4.20. The number of esters is 1. The van der Waals surface area contributed by atoms with Gasteiger partial charge in [0.1, 0.15) is 12.0 Å². The normalized spacial score (nSPS) is 13.9. The third kappa shape index (κ3) is 4.22. The number of hydrogen-bond donors (Lipinski definition) is 2. The number of aromatic nitrogens is 2. The Bertz CT molecular complexity index is 755. The summed E-state index contributed by atoms with van der Waals surface area (Å²) >= 11 is 0. The number of nitrogen functional groups attached to an aromatic ring is 1. The number of nitrogens with one attached hydrogen (secondary N) is 1. The predicted octanol–water partition coefficient (Wildman–Crippen LogP) is 3.22. The Morgan fingerprint density at radius 1 is 1.23 bits per heavy atom. The molecule has 1 aliphatic heterocycles. The molecular weight excluding hydrogens is 330 g/mol. The Hall–Kier alpha value is -2.83. The van der Waals surface area contributed by atoms with Crippen molar-refractivity contribution in [3.63, 3.8) is 0 Å². The van der Waals surface area contributed by atoms with Crippen LogP contribution in [0.15, 0.2) is 30.6 Å². The summed E-state index contributed by atoms with van der Waals surface area (Å²) in [4.78, 5) is 22.7. The van der Waals surface area contributed by atoms with Crippen LogP contribution in [0, 0.1) is 5.92 Å². The second-order valence-corrected chi connectivity index (χ2v) is 6.85. The van der Waals surface area contributed by atoms with Gasteiger partial charge in [-0.15, -0.1) is 0 Å². The molecule has 0 amide bonds. The number of nitrogens with two attached hydrogens (primary N) is 1. The minimum absolute atomic E-state index is 0.311. The molecule has 138 valence electrons. The average Bonchev–Trinajstić information content (AvgIpc) is 3.16. The summed E-state index contributed by atoms with van der Waals surface area (Å²) in [7, 11) is 0. The lowest BCUT2D eigenvalue weighted by atomic mass is 10.2. The molecule has 2 aromatic rings. The first-order valence-electron chi connectivity index (χ1n) is 8.94. The zero-order valence-corrected chi connectivity index (χ0v) is 15.2. The second-order valence-electron chi connectivity index (χ2n) is 6.85. The second kappa shape index (κ2) is 8.03. The Morgan fingerprint density at radius 3 is 2.58 bits per heavy atom. The van der Waals surface area contributed by atoms with E-state index in [9.17, 15) is 4.79 Å². The van der Waals surface area contributed by atoms with Crippen molar-refractivity contribution < 1.29 is 9.53 Å². The van der Waals surface area contributed by atoms with Gasteiger partial charge in [0, 0.05) is 18.8 Å². The SMILES string of the molecule is CC(C)COC(=O)c1ccc(Nc2ncnc(N3CCCC3)c2N)cc1. The molecule has 3 rings (SSSR count). The molecule has 1 aromatic heterocycles. The molecule has 0 unspecified atom stereocenters. The number of benzene rings is 1. The maximum absolute atomic E-state index is 12.0. The molecule has 0 aliphatic carbocycles. The highest BCUT2D eigenvalue weighted by atomic mass is 16.5. The first-order valence-corrected chi connectivity index (χ1v) is 8.94. The highest BCUT2D eigenvalue weighted by molar-refractivity contribution is 5.90. The first-order chi connectivity index (χ1) is 12.5. The third-order valence-electron chi connectivity index (χ3n) is 4.20. The first kappa shape index (κ1) is 18.0. The van der Waals surface area contributed by atoms with Crippen molar-refractivity contribution in [3.8, 4) is 0 Å². The van der Waals surface area contributed by atoms with E-state index in [1.54, 1.807) is 12.1 Å². The topological polar surface area (TPSA) is 93.4 Å². The van der Waals surface area contributed by atoms with E-state index in [0.717, 1.165) is 37.4 Å². The van der Waals surface area contributed by atoms with E-state index >= 15 is 0 Å². The summed E-state index contributed by atoms with van der Waals surface area (Å²) in [5.41, 5.74) is 8.10. The molecule has 0 spiro atoms. The van der Waals surface area contributed by atoms with Crippen LogP contribution in [0.2, 0.25) is 0 Å². The molecule has 0 saturated carbocycles. The molecule has 7 heteroatoms. The van der Waals surface area contributed by atoms with Gasteiger partial charge in [-0.05, 0) is 43.0 Å². The summed E-state index contributed by atoms with van der Waals surface area (Å²) in [6.07, 6.45) is 3.82. The molecule has 2 heterocycles. The Morgan fingerprint density at radius 2 is 1.92 bits per heavy atom. The number of nitrogens with zero attached hydrogens (tertiary/aromatic N) is 3. The van der Waals surface area contributed by atoms with Crippen molar-refractivity contribution in [2.45, 2.75) is 26.7 Å². The van der Waals surface area contributed by atoms with E-state index in [-0.39, 0.29) is 5.97 Å².